The van der Waals surface area contributed by atoms with Crippen molar-refractivity contribution in [2.45, 2.75) is 38.6 Å². The lowest BCUT2D eigenvalue weighted by atomic mass is 10.2. The second kappa shape index (κ2) is 8.61. The van der Waals surface area contributed by atoms with Crippen LogP contribution in [0.1, 0.15) is 32.1 Å². The largest absolute Gasteiger partial charge is 0.356 e. The molecule has 2 aromatic heterocycles. The lowest BCUT2D eigenvalue weighted by Crippen LogP contribution is -2.29. The van der Waals surface area contributed by atoms with Crippen LogP contribution in [0.3, 0.4) is 0 Å². The zero-order chi connectivity index (χ0) is 19.3. The summed E-state index contributed by atoms with van der Waals surface area (Å²) in [5, 5.41) is 3.01. The van der Waals surface area contributed by atoms with Crippen LogP contribution in [0, 0.1) is 0 Å². The molecule has 6 heteroatoms. The first-order chi connectivity index (χ1) is 13.7. The molecular weight excluding hydrogens is 352 g/mol. The number of amides is 1. The molecule has 1 aliphatic heterocycles. The number of rotatable bonds is 8. The number of nitrogens with one attached hydrogen (secondary N) is 1. The lowest BCUT2D eigenvalue weighted by molar-refractivity contribution is -0.121. The Morgan fingerprint density at radius 1 is 0.929 bits per heavy atom. The lowest BCUT2D eigenvalue weighted by Gasteiger charge is -2.14. The van der Waals surface area contributed by atoms with E-state index >= 15 is 0 Å². The van der Waals surface area contributed by atoms with Gasteiger partial charge < -0.3 is 19.2 Å². The molecule has 0 aliphatic carbocycles. The van der Waals surface area contributed by atoms with E-state index in [4.69, 9.17) is 0 Å². The fourth-order valence-corrected chi connectivity index (χ4v) is 4.15. The molecule has 148 valence electrons. The average molecular weight is 380 g/mol. The molecule has 4 rings (SSSR count). The smallest absolute Gasteiger partial charge is 0.275 e. The molecule has 6 nitrogen and oxygen atoms in total. The van der Waals surface area contributed by atoms with E-state index in [2.05, 4.69) is 10.2 Å². The predicted molar refractivity (Wildman–Crippen MR) is 112 cm³/mol. The van der Waals surface area contributed by atoms with Gasteiger partial charge in [-0.05, 0) is 69.6 Å². The highest BCUT2D eigenvalue weighted by Crippen LogP contribution is 2.15. The first-order valence-corrected chi connectivity index (χ1v) is 10.3. The van der Waals surface area contributed by atoms with Crippen LogP contribution in [0.25, 0.3) is 16.6 Å². The standard InChI is InChI=1S/C22H28N4O2/c27-21(23-12-7-15-24-13-3-4-14-24)11-6-17-26-19-9-2-1-8-18(19)25-16-5-10-20(25)22(26)28/h1-2,5,8-10,16H,3-4,6-7,11-15,17H2,(H,23,27). The van der Waals surface area contributed by atoms with Gasteiger partial charge in [0.25, 0.3) is 5.56 Å². The Bertz CT molecular complexity index is 1010. The van der Waals surface area contributed by atoms with Crippen molar-refractivity contribution in [3.63, 3.8) is 0 Å². The molecule has 1 aliphatic rings. The summed E-state index contributed by atoms with van der Waals surface area (Å²) in [6.07, 6.45) is 6.61. The molecule has 1 aromatic carbocycles. The second-order valence-corrected chi connectivity index (χ2v) is 7.56. The first kappa shape index (κ1) is 18.7. The van der Waals surface area contributed by atoms with Gasteiger partial charge in [-0.15, -0.1) is 0 Å². The fraction of sp³-hybridized carbons (Fsp3) is 0.455. The maximum atomic E-state index is 12.9. The van der Waals surface area contributed by atoms with Crippen molar-refractivity contribution in [2.24, 2.45) is 0 Å². The summed E-state index contributed by atoms with van der Waals surface area (Å²) >= 11 is 0. The van der Waals surface area contributed by atoms with Crippen LogP contribution >= 0.6 is 0 Å². The molecule has 28 heavy (non-hydrogen) atoms. The van der Waals surface area contributed by atoms with Crippen LogP contribution in [0.2, 0.25) is 0 Å². The topological polar surface area (TPSA) is 58.8 Å². The van der Waals surface area contributed by atoms with Crippen molar-refractivity contribution >= 4 is 22.5 Å². The molecule has 0 atom stereocenters. The summed E-state index contributed by atoms with van der Waals surface area (Å²) in [5.74, 6) is 0.0718. The van der Waals surface area contributed by atoms with Crippen molar-refractivity contribution in [3.8, 4) is 0 Å². The Labute approximate surface area is 164 Å². The minimum atomic E-state index is -0.00489. The third-order valence-corrected chi connectivity index (χ3v) is 5.60. The zero-order valence-electron chi connectivity index (χ0n) is 16.3. The summed E-state index contributed by atoms with van der Waals surface area (Å²) < 4.78 is 3.73. The Kier molecular flexibility index (Phi) is 5.76. The Morgan fingerprint density at radius 3 is 2.50 bits per heavy atom. The molecule has 0 bridgehead atoms. The molecule has 0 spiro atoms. The summed E-state index contributed by atoms with van der Waals surface area (Å²) in [7, 11) is 0. The molecule has 3 heterocycles. The van der Waals surface area contributed by atoms with E-state index in [1.165, 1.54) is 25.9 Å². The number of hydrogen-bond acceptors (Lipinski definition) is 3. The van der Waals surface area contributed by atoms with E-state index in [0.29, 0.717) is 24.9 Å². The molecule has 1 fully saturated rings. The minimum Gasteiger partial charge on any atom is -0.356 e. The van der Waals surface area contributed by atoms with Crippen molar-refractivity contribution < 1.29 is 4.79 Å². The highest BCUT2D eigenvalue weighted by molar-refractivity contribution is 5.79. The van der Waals surface area contributed by atoms with Crippen LogP contribution in [-0.4, -0.2) is 46.0 Å². The number of benzene rings is 1. The molecular formula is C22H28N4O2. The normalized spacial score (nSPS) is 14.9. The van der Waals surface area contributed by atoms with E-state index in [0.717, 1.165) is 30.5 Å². The van der Waals surface area contributed by atoms with E-state index < -0.39 is 0 Å². The third kappa shape index (κ3) is 3.97. The van der Waals surface area contributed by atoms with Crippen molar-refractivity contribution in [3.05, 3.63) is 52.9 Å². The zero-order valence-corrected chi connectivity index (χ0v) is 16.3. The van der Waals surface area contributed by atoms with Gasteiger partial charge in [-0.25, -0.2) is 0 Å². The maximum absolute atomic E-state index is 12.9. The molecule has 3 aromatic rings. The van der Waals surface area contributed by atoms with Gasteiger partial charge in [-0.1, -0.05) is 12.1 Å². The summed E-state index contributed by atoms with van der Waals surface area (Å²) in [6.45, 7) is 4.74. The molecule has 1 N–H and O–H groups in total. The highest BCUT2D eigenvalue weighted by Gasteiger charge is 2.12. The second-order valence-electron chi connectivity index (χ2n) is 7.56. The molecule has 0 unspecified atom stereocenters. The molecule has 0 radical (unpaired) electrons. The van der Waals surface area contributed by atoms with Crippen LogP contribution < -0.4 is 10.9 Å². The van der Waals surface area contributed by atoms with Gasteiger partial charge in [-0.3, -0.25) is 9.59 Å². The number of para-hydroxylation sites is 2. The van der Waals surface area contributed by atoms with Gasteiger partial charge in [0.05, 0.1) is 11.0 Å². The number of aromatic nitrogens is 2. The van der Waals surface area contributed by atoms with Gasteiger partial charge in [0.2, 0.25) is 5.91 Å². The number of aryl methyl sites for hydroxylation is 1. The molecule has 1 saturated heterocycles. The highest BCUT2D eigenvalue weighted by atomic mass is 16.1. The average Bonchev–Trinajstić information content (AvgIpc) is 3.40. The Hall–Kier alpha value is -2.60. The van der Waals surface area contributed by atoms with E-state index in [1.54, 1.807) is 4.57 Å². The minimum absolute atomic E-state index is 0.00489. The number of nitrogens with zero attached hydrogens (tertiary/aromatic N) is 3. The first-order valence-electron chi connectivity index (χ1n) is 10.3. The number of carbonyl (C=O) groups is 1. The van der Waals surface area contributed by atoms with E-state index in [9.17, 15) is 9.59 Å². The van der Waals surface area contributed by atoms with E-state index in [-0.39, 0.29) is 11.5 Å². The van der Waals surface area contributed by atoms with Crippen molar-refractivity contribution in [1.82, 2.24) is 19.2 Å². The van der Waals surface area contributed by atoms with Crippen LogP contribution in [0.4, 0.5) is 0 Å². The Morgan fingerprint density at radius 2 is 1.68 bits per heavy atom. The quantitative estimate of drug-likeness (QED) is 0.611. The third-order valence-electron chi connectivity index (χ3n) is 5.60. The maximum Gasteiger partial charge on any atom is 0.275 e. The van der Waals surface area contributed by atoms with Gasteiger partial charge >= 0.3 is 0 Å². The van der Waals surface area contributed by atoms with Crippen LogP contribution in [0.15, 0.2) is 47.4 Å². The Balaban J connectivity index is 1.33. The molecule has 1 amide bonds. The number of carbonyl (C=O) groups excluding carboxylic acids is 1. The SMILES string of the molecule is O=C(CCCn1c(=O)c2cccn2c2ccccc21)NCCCN1CCCC1. The molecule has 0 saturated carbocycles. The number of hydrogen-bond donors (Lipinski definition) is 1. The van der Waals surface area contributed by atoms with Crippen LogP contribution in [-0.2, 0) is 11.3 Å². The fourth-order valence-electron chi connectivity index (χ4n) is 4.15. The summed E-state index contributed by atoms with van der Waals surface area (Å²) in [6, 6.07) is 11.6. The monoisotopic (exact) mass is 380 g/mol. The van der Waals surface area contributed by atoms with Crippen LogP contribution in [0.5, 0.6) is 0 Å². The van der Waals surface area contributed by atoms with Gasteiger partial charge in [-0.2, -0.15) is 0 Å². The summed E-state index contributed by atoms with van der Waals surface area (Å²) in [5.41, 5.74) is 2.58. The van der Waals surface area contributed by atoms with Gasteiger partial charge in [0.1, 0.15) is 5.52 Å². The van der Waals surface area contributed by atoms with Gasteiger partial charge in [0.15, 0.2) is 0 Å². The number of likely N-dealkylation sites (tertiary alicyclic amines) is 1. The number of fused-ring (bicyclic) bond motifs is 3. The summed E-state index contributed by atoms with van der Waals surface area (Å²) in [4.78, 5) is 27.4. The van der Waals surface area contributed by atoms with Crippen molar-refractivity contribution in [2.75, 3.05) is 26.2 Å². The van der Waals surface area contributed by atoms with E-state index in [1.807, 2.05) is 47.0 Å². The van der Waals surface area contributed by atoms with Gasteiger partial charge in [0, 0.05) is 25.7 Å². The predicted octanol–water partition coefficient (Wildman–Crippen LogP) is 2.64. The van der Waals surface area contributed by atoms with Crippen molar-refractivity contribution in [1.29, 1.82) is 0 Å².